The zero-order valence-electron chi connectivity index (χ0n) is 16.1. The second-order valence-corrected chi connectivity index (χ2v) is 8.05. The number of Topliss-reactive ketones (excluding diaryl/α,β-unsaturated/α-hetero) is 1. The van der Waals surface area contributed by atoms with E-state index in [9.17, 15) is 9.59 Å². The van der Waals surface area contributed by atoms with Gasteiger partial charge in [0.2, 0.25) is 0 Å². The first kappa shape index (κ1) is 20.0. The van der Waals surface area contributed by atoms with Gasteiger partial charge in [-0.25, -0.2) is 4.79 Å². The highest BCUT2D eigenvalue weighted by Gasteiger charge is 2.29. The molecule has 140 valence electrons. The van der Waals surface area contributed by atoms with E-state index >= 15 is 0 Å². The van der Waals surface area contributed by atoms with Crippen molar-refractivity contribution in [1.29, 1.82) is 5.26 Å². The number of hydrogen-bond donors (Lipinski definition) is 0. The van der Waals surface area contributed by atoms with Crippen molar-refractivity contribution in [2.45, 2.75) is 58.5 Å². The Labute approximate surface area is 155 Å². The van der Waals surface area contributed by atoms with E-state index in [2.05, 4.69) is 6.07 Å². The van der Waals surface area contributed by atoms with Crippen molar-refractivity contribution in [3.63, 3.8) is 0 Å². The predicted molar refractivity (Wildman–Crippen MR) is 99.7 cm³/mol. The van der Waals surface area contributed by atoms with Gasteiger partial charge in [0, 0.05) is 19.0 Å². The van der Waals surface area contributed by atoms with Crippen LogP contribution in [0.3, 0.4) is 0 Å². The molecule has 1 aliphatic rings. The van der Waals surface area contributed by atoms with Gasteiger partial charge in [0.05, 0.1) is 11.6 Å². The molecule has 26 heavy (non-hydrogen) atoms. The minimum atomic E-state index is -0.487. The van der Waals surface area contributed by atoms with Gasteiger partial charge in [0.25, 0.3) is 0 Å². The summed E-state index contributed by atoms with van der Waals surface area (Å²) >= 11 is 0. The number of rotatable bonds is 4. The number of ether oxygens (including phenoxy) is 1. The summed E-state index contributed by atoms with van der Waals surface area (Å²) in [7, 11) is 0. The summed E-state index contributed by atoms with van der Waals surface area (Å²) in [4.78, 5) is 26.1. The topological polar surface area (TPSA) is 70.4 Å². The molecule has 1 heterocycles. The number of likely N-dealkylation sites (tertiary alicyclic amines) is 1. The van der Waals surface area contributed by atoms with Gasteiger partial charge >= 0.3 is 6.09 Å². The fourth-order valence-corrected chi connectivity index (χ4v) is 3.37. The van der Waals surface area contributed by atoms with Gasteiger partial charge in [-0.15, -0.1) is 0 Å². The van der Waals surface area contributed by atoms with E-state index < -0.39 is 5.60 Å². The third kappa shape index (κ3) is 5.59. The first-order valence-electron chi connectivity index (χ1n) is 9.18. The highest BCUT2D eigenvalue weighted by molar-refractivity contribution is 5.83. The maximum absolute atomic E-state index is 12.2. The molecule has 1 aliphatic heterocycles. The zero-order valence-corrected chi connectivity index (χ0v) is 16.1. The van der Waals surface area contributed by atoms with Crippen molar-refractivity contribution in [3.8, 4) is 6.07 Å². The molecule has 0 radical (unpaired) electrons. The molecule has 1 unspecified atom stereocenters. The van der Waals surface area contributed by atoms with Crippen molar-refractivity contribution in [3.05, 3.63) is 35.4 Å². The van der Waals surface area contributed by atoms with Crippen molar-refractivity contribution < 1.29 is 14.3 Å². The summed E-state index contributed by atoms with van der Waals surface area (Å²) < 4.78 is 5.43. The molecule has 0 bridgehead atoms. The Kier molecular flexibility index (Phi) is 6.42. The fourth-order valence-electron chi connectivity index (χ4n) is 3.37. The van der Waals surface area contributed by atoms with Crippen LogP contribution in [-0.2, 0) is 9.53 Å². The van der Waals surface area contributed by atoms with Crippen LogP contribution in [0.2, 0.25) is 0 Å². The SMILES string of the molecule is CC(=O)C(CC1CCN(C(=O)OC(C)(C)C)CC1)c1cccc(C#N)c1. The lowest BCUT2D eigenvalue weighted by molar-refractivity contribution is -0.118. The van der Waals surface area contributed by atoms with E-state index in [0.29, 0.717) is 24.6 Å². The number of benzene rings is 1. The minimum Gasteiger partial charge on any atom is -0.444 e. The molecule has 0 aromatic heterocycles. The highest BCUT2D eigenvalue weighted by Crippen LogP contribution is 2.31. The molecule has 1 amide bonds. The number of carbonyl (C=O) groups is 2. The molecule has 2 rings (SSSR count). The maximum atomic E-state index is 12.2. The Morgan fingerprint density at radius 1 is 1.31 bits per heavy atom. The molecule has 0 saturated carbocycles. The van der Waals surface area contributed by atoms with E-state index in [4.69, 9.17) is 10.00 Å². The van der Waals surface area contributed by atoms with Crippen molar-refractivity contribution in [1.82, 2.24) is 4.90 Å². The summed E-state index contributed by atoms with van der Waals surface area (Å²) in [6.45, 7) is 8.52. The van der Waals surface area contributed by atoms with Gasteiger partial charge in [-0.2, -0.15) is 5.26 Å². The number of piperidine rings is 1. The molecule has 1 atom stereocenters. The van der Waals surface area contributed by atoms with Gasteiger partial charge in [0.1, 0.15) is 11.4 Å². The van der Waals surface area contributed by atoms with Crippen LogP contribution in [-0.4, -0.2) is 35.5 Å². The van der Waals surface area contributed by atoms with Crippen LogP contribution >= 0.6 is 0 Å². The number of hydrogen-bond acceptors (Lipinski definition) is 4. The van der Waals surface area contributed by atoms with Crippen molar-refractivity contribution in [2.24, 2.45) is 5.92 Å². The summed E-state index contributed by atoms with van der Waals surface area (Å²) in [5.74, 6) is 0.310. The Bertz CT molecular complexity index is 692. The number of amides is 1. The minimum absolute atomic E-state index is 0.120. The predicted octanol–water partition coefficient (Wildman–Crippen LogP) is 4.27. The summed E-state index contributed by atoms with van der Waals surface area (Å²) in [6, 6.07) is 9.44. The number of nitrogens with zero attached hydrogens (tertiary/aromatic N) is 2. The molecule has 1 aromatic carbocycles. The lowest BCUT2D eigenvalue weighted by Gasteiger charge is -2.34. The fraction of sp³-hybridized carbons (Fsp3) is 0.571. The van der Waals surface area contributed by atoms with E-state index in [1.165, 1.54) is 0 Å². The smallest absolute Gasteiger partial charge is 0.410 e. The quantitative estimate of drug-likeness (QED) is 0.808. The highest BCUT2D eigenvalue weighted by atomic mass is 16.6. The third-order valence-electron chi connectivity index (χ3n) is 4.74. The van der Waals surface area contributed by atoms with Crippen LogP contribution in [0.4, 0.5) is 4.79 Å². The lowest BCUT2D eigenvalue weighted by atomic mass is 9.82. The molecule has 5 nitrogen and oxygen atoms in total. The average molecular weight is 356 g/mol. The maximum Gasteiger partial charge on any atom is 0.410 e. The first-order chi connectivity index (χ1) is 12.2. The van der Waals surface area contributed by atoms with Gasteiger partial charge in [-0.1, -0.05) is 12.1 Å². The van der Waals surface area contributed by atoms with Crippen molar-refractivity contribution in [2.75, 3.05) is 13.1 Å². The van der Waals surface area contributed by atoms with E-state index in [0.717, 1.165) is 24.8 Å². The lowest BCUT2D eigenvalue weighted by Crippen LogP contribution is -2.42. The van der Waals surface area contributed by atoms with Crippen LogP contribution in [0.5, 0.6) is 0 Å². The summed E-state index contributed by atoms with van der Waals surface area (Å²) in [5.41, 5.74) is 0.999. The summed E-state index contributed by atoms with van der Waals surface area (Å²) in [6.07, 6.45) is 2.22. The van der Waals surface area contributed by atoms with Crippen LogP contribution in [0.15, 0.2) is 24.3 Å². The molecule has 1 aromatic rings. The van der Waals surface area contributed by atoms with Crippen molar-refractivity contribution >= 4 is 11.9 Å². The molecular formula is C21H28N2O3. The van der Waals surface area contributed by atoms with E-state index in [-0.39, 0.29) is 17.8 Å². The van der Waals surface area contributed by atoms with Gasteiger partial charge in [0.15, 0.2) is 0 Å². The normalized spacial score (nSPS) is 16.7. The Balaban J connectivity index is 1.97. The second-order valence-electron chi connectivity index (χ2n) is 8.05. The molecule has 5 heteroatoms. The number of ketones is 1. The van der Waals surface area contributed by atoms with Crippen LogP contribution < -0.4 is 0 Å². The number of carbonyl (C=O) groups excluding carboxylic acids is 2. The summed E-state index contributed by atoms with van der Waals surface area (Å²) in [5, 5.41) is 9.08. The van der Waals surface area contributed by atoms with Crippen LogP contribution in [0, 0.1) is 17.2 Å². The van der Waals surface area contributed by atoms with Crippen LogP contribution in [0.1, 0.15) is 64.0 Å². The van der Waals surface area contributed by atoms with Gasteiger partial charge in [-0.3, -0.25) is 4.79 Å². The third-order valence-corrected chi connectivity index (χ3v) is 4.74. The van der Waals surface area contributed by atoms with E-state index in [1.54, 1.807) is 17.9 Å². The molecule has 0 N–H and O–H groups in total. The molecule has 1 fully saturated rings. The molecule has 1 saturated heterocycles. The number of nitriles is 1. The average Bonchev–Trinajstić information content (AvgIpc) is 2.58. The standard InChI is InChI=1S/C21H28N2O3/c1-15(24)19(18-7-5-6-17(12-18)14-22)13-16-8-10-23(11-9-16)20(25)26-21(2,3)4/h5-7,12,16,19H,8-11,13H2,1-4H3. The van der Waals surface area contributed by atoms with Crippen LogP contribution in [0.25, 0.3) is 0 Å². The Hall–Kier alpha value is -2.35. The second kappa shape index (κ2) is 8.35. The largest absolute Gasteiger partial charge is 0.444 e. The van der Waals surface area contributed by atoms with Gasteiger partial charge < -0.3 is 9.64 Å². The molecule has 0 aliphatic carbocycles. The Morgan fingerprint density at radius 2 is 1.96 bits per heavy atom. The molecule has 0 spiro atoms. The first-order valence-corrected chi connectivity index (χ1v) is 9.18. The Morgan fingerprint density at radius 3 is 2.50 bits per heavy atom. The molecular weight excluding hydrogens is 328 g/mol. The van der Waals surface area contributed by atoms with E-state index in [1.807, 2.05) is 39.0 Å². The monoisotopic (exact) mass is 356 g/mol. The zero-order chi connectivity index (χ0) is 19.3. The van der Waals surface area contributed by atoms with Gasteiger partial charge in [-0.05, 0) is 70.6 Å².